The van der Waals surface area contributed by atoms with Gasteiger partial charge in [0.05, 0.1) is 11.6 Å². The van der Waals surface area contributed by atoms with Gasteiger partial charge in [0, 0.05) is 13.2 Å². The zero-order valence-electron chi connectivity index (χ0n) is 9.96. The molecule has 0 spiro atoms. The molecule has 0 bridgehead atoms. The monoisotopic (exact) mass is 212 g/mol. The molecule has 0 radical (unpaired) electrons. The second kappa shape index (κ2) is 4.40. The number of hydrogen-bond donors (Lipinski definition) is 2. The van der Waals surface area contributed by atoms with Crippen molar-refractivity contribution in [3.63, 3.8) is 0 Å². The Morgan fingerprint density at radius 2 is 2.27 bits per heavy atom. The summed E-state index contributed by atoms with van der Waals surface area (Å²) < 4.78 is 5.63. The molecular formula is C12H24N2O. The molecule has 3 unspecified atom stereocenters. The number of rotatable bonds is 5. The van der Waals surface area contributed by atoms with E-state index in [4.69, 9.17) is 10.5 Å². The van der Waals surface area contributed by atoms with Gasteiger partial charge in [-0.05, 0) is 44.6 Å². The van der Waals surface area contributed by atoms with Crippen molar-refractivity contribution < 1.29 is 4.74 Å². The predicted octanol–water partition coefficient (Wildman–Crippen LogP) is 1.13. The minimum absolute atomic E-state index is 0.0448. The molecule has 2 fully saturated rings. The Labute approximate surface area is 92.7 Å². The number of hydrogen-bond acceptors (Lipinski definition) is 3. The van der Waals surface area contributed by atoms with Crippen molar-refractivity contribution >= 4 is 0 Å². The van der Waals surface area contributed by atoms with Crippen LogP contribution in [0.3, 0.4) is 0 Å². The summed E-state index contributed by atoms with van der Waals surface area (Å²) in [5, 5.41) is 3.67. The summed E-state index contributed by atoms with van der Waals surface area (Å²) in [6.07, 6.45) is 4.16. The lowest BCUT2D eigenvalue weighted by atomic mass is 9.91. The molecule has 0 aromatic rings. The maximum Gasteiger partial charge on any atom is 0.0741 e. The zero-order chi connectivity index (χ0) is 10.9. The zero-order valence-corrected chi connectivity index (χ0v) is 9.96. The van der Waals surface area contributed by atoms with Crippen molar-refractivity contribution in [2.75, 3.05) is 19.7 Å². The standard InChI is InChI=1S/C12H24N2O/c1-9(11-3-4-11)7-14-12(8-13)5-6-15-10(12)2/h9-11,14H,3-8,13H2,1-2H3. The summed E-state index contributed by atoms with van der Waals surface area (Å²) in [4.78, 5) is 0. The molecule has 0 amide bonds. The summed E-state index contributed by atoms with van der Waals surface area (Å²) in [7, 11) is 0. The summed E-state index contributed by atoms with van der Waals surface area (Å²) >= 11 is 0. The van der Waals surface area contributed by atoms with Gasteiger partial charge in [-0.3, -0.25) is 0 Å². The lowest BCUT2D eigenvalue weighted by Gasteiger charge is -2.33. The van der Waals surface area contributed by atoms with Crippen LogP contribution in [0.5, 0.6) is 0 Å². The van der Waals surface area contributed by atoms with E-state index in [-0.39, 0.29) is 11.6 Å². The van der Waals surface area contributed by atoms with Crippen LogP contribution in [0.1, 0.15) is 33.1 Å². The Kier molecular flexibility index (Phi) is 3.33. The van der Waals surface area contributed by atoms with E-state index in [0.717, 1.165) is 31.4 Å². The van der Waals surface area contributed by atoms with Gasteiger partial charge in [0.2, 0.25) is 0 Å². The summed E-state index contributed by atoms with van der Waals surface area (Å²) in [6, 6.07) is 0. The molecule has 0 aromatic carbocycles. The van der Waals surface area contributed by atoms with Gasteiger partial charge in [-0.2, -0.15) is 0 Å². The van der Waals surface area contributed by atoms with Crippen LogP contribution in [-0.4, -0.2) is 31.3 Å². The molecule has 3 nitrogen and oxygen atoms in total. The second-order valence-electron chi connectivity index (χ2n) is 5.32. The molecule has 1 saturated heterocycles. The van der Waals surface area contributed by atoms with E-state index >= 15 is 0 Å². The molecule has 2 rings (SSSR count). The molecular weight excluding hydrogens is 188 g/mol. The van der Waals surface area contributed by atoms with Gasteiger partial charge in [-0.25, -0.2) is 0 Å². The molecule has 1 heterocycles. The highest BCUT2D eigenvalue weighted by molar-refractivity contribution is 4.99. The Hall–Kier alpha value is -0.120. The minimum atomic E-state index is 0.0448. The van der Waals surface area contributed by atoms with Crippen molar-refractivity contribution in [1.82, 2.24) is 5.32 Å². The highest BCUT2D eigenvalue weighted by atomic mass is 16.5. The molecule has 15 heavy (non-hydrogen) atoms. The average Bonchev–Trinajstić information content (AvgIpc) is 3.01. The number of nitrogens with one attached hydrogen (secondary N) is 1. The summed E-state index contributed by atoms with van der Waals surface area (Å²) in [5.41, 5.74) is 5.94. The van der Waals surface area contributed by atoms with Crippen LogP contribution in [-0.2, 0) is 4.74 Å². The lowest BCUT2D eigenvalue weighted by Crippen LogP contribution is -2.57. The fraction of sp³-hybridized carbons (Fsp3) is 1.00. The minimum Gasteiger partial charge on any atom is -0.376 e. The van der Waals surface area contributed by atoms with Crippen molar-refractivity contribution in [3.05, 3.63) is 0 Å². The highest BCUT2D eigenvalue weighted by Gasteiger charge is 2.40. The van der Waals surface area contributed by atoms with E-state index < -0.39 is 0 Å². The lowest BCUT2D eigenvalue weighted by molar-refractivity contribution is 0.0836. The molecule has 3 N–H and O–H groups in total. The van der Waals surface area contributed by atoms with Gasteiger partial charge in [0.25, 0.3) is 0 Å². The van der Waals surface area contributed by atoms with Crippen molar-refractivity contribution in [2.24, 2.45) is 17.6 Å². The fourth-order valence-corrected chi connectivity index (χ4v) is 2.55. The van der Waals surface area contributed by atoms with Gasteiger partial charge in [-0.1, -0.05) is 6.92 Å². The Morgan fingerprint density at radius 1 is 1.53 bits per heavy atom. The van der Waals surface area contributed by atoms with E-state index in [1.807, 2.05) is 0 Å². The van der Waals surface area contributed by atoms with Crippen LogP contribution in [0.2, 0.25) is 0 Å². The number of nitrogens with two attached hydrogens (primary N) is 1. The van der Waals surface area contributed by atoms with Gasteiger partial charge in [0.1, 0.15) is 0 Å². The quantitative estimate of drug-likeness (QED) is 0.718. The van der Waals surface area contributed by atoms with Crippen LogP contribution in [0.25, 0.3) is 0 Å². The molecule has 3 atom stereocenters. The smallest absolute Gasteiger partial charge is 0.0741 e. The third kappa shape index (κ3) is 2.35. The van der Waals surface area contributed by atoms with Crippen molar-refractivity contribution in [3.8, 4) is 0 Å². The van der Waals surface area contributed by atoms with E-state index in [1.54, 1.807) is 0 Å². The molecule has 1 saturated carbocycles. The normalized spacial score (nSPS) is 38.2. The first-order valence-corrected chi connectivity index (χ1v) is 6.24. The second-order valence-corrected chi connectivity index (χ2v) is 5.32. The first-order valence-electron chi connectivity index (χ1n) is 6.24. The third-order valence-electron chi connectivity index (χ3n) is 4.26. The summed E-state index contributed by atoms with van der Waals surface area (Å²) in [6.45, 7) is 7.11. The molecule has 1 aliphatic carbocycles. The third-order valence-corrected chi connectivity index (χ3v) is 4.26. The first kappa shape index (κ1) is 11.4. The SMILES string of the molecule is CC(CNC1(CN)CCOC1C)C1CC1. The molecule has 2 aliphatic rings. The van der Waals surface area contributed by atoms with Crippen LogP contribution >= 0.6 is 0 Å². The molecule has 88 valence electrons. The maximum atomic E-state index is 5.89. The topological polar surface area (TPSA) is 47.3 Å². The van der Waals surface area contributed by atoms with Crippen LogP contribution in [0.4, 0.5) is 0 Å². The van der Waals surface area contributed by atoms with Gasteiger partial charge < -0.3 is 15.8 Å². The van der Waals surface area contributed by atoms with E-state index in [9.17, 15) is 0 Å². The highest BCUT2D eigenvalue weighted by Crippen LogP contribution is 2.36. The molecule has 3 heteroatoms. The Morgan fingerprint density at radius 3 is 2.73 bits per heavy atom. The van der Waals surface area contributed by atoms with E-state index in [2.05, 4.69) is 19.2 Å². The van der Waals surface area contributed by atoms with Gasteiger partial charge in [-0.15, -0.1) is 0 Å². The van der Waals surface area contributed by atoms with Gasteiger partial charge in [0.15, 0.2) is 0 Å². The van der Waals surface area contributed by atoms with E-state index in [1.165, 1.54) is 12.8 Å². The van der Waals surface area contributed by atoms with Crippen molar-refractivity contribution in [2.45, 2.75) is 44.8 Å². The van der Waals surface area contributed by atoms with Crippen LogP contribution in [0, 0.1) is 11.8 Å². The number of ether oxygens (including phenoxy) is 1. The predicted molar refractivity (Wildman–Crippen MR) is 61.7 cm³/mol. The van der Waals surface area contributed by atoms with Crippen LogP contribution < -0.4 is 11.1 Å². The van der Waals surface area contributed by atoms with Crippen LogP contribution in [0.15, 0.2) is 0 Å². The van der Waals surface area contributed by atoms with E-state index in [0.29, 0.717) is 6.54 Å². The average molecular weight is 212 g/mol. The molecule has 0 aromatic heterocycles. The summed E-state index contributed by atoms with van der Waals surface area (Å²) in [5.74, 6) is 1.76. The Balaban J connectivity index is 1.84. The molecule has 1 aliphatic heterocycles. The first-order chi connectivity index (χ1) is 7.18. The fourth-order valence-electron chi connectivity index (χ4n) is 2.55. The van der Waals surface area contributed by atoms with Crippen molar-refractivity contribution in [1.29, 1.82) is 0 Å². The maximum absolute atomic E-state index is 5.89. The Bertz CT molecular complexity index is 218. The van der Waals surface area contributed by atoms with Gasteiger partial charge >= 0.3 is 0 Å². The largest absolute Gasteiger partial charge is 0.376 e.